The fourth-order valence-electron chi connectivity index (χ4n) is 3.98. The van der Waals surface area contributed by atoms with Crippen molar-refractivity contribution in [2.75, 3.05) is 24.5 Å². The second-order valence-corrected chi connectivity index (χ2v) is 11.3. The maximum absolute atomic E-state index is 13.9. The van der Waals surface area contributed by atoms with E-state index in [9.17, 15) is 18.0 Å². The molecule has 3 aromatic rings. The van der Waals surface area contributed by atoms with Gasteiger partial charge in [-0.15, -0.1) is 0 Å². The van der Waals surface area contributed by atoms with Gasteiger partial charge in [-0.25, -0.2) is 8.42 Å². The van der Waals surface area contributed by atoms with Crippen LogP contribution >= 0.6 is 11.6 Å². The molecule has 0 bridgehead atoms. The van der Waals surface area contributed by atoms with Gasteiger partial charge < -0.3 is 15.0 Å². The predicted molar refractivity (Wildman–Crippen MR) is 153 cm³/mol. The second kappa shape index (κ2) is 13.5. The molecule has 39 heavy (non-hydrogen) atoms. The van der Waals surface area contributed by atoms with Crippen LogP contribution in [0.15, 0.2) is 77.7 Å². The number of nitrogens with one attached hydrogen (secondary N) is 1. The molecule has 0 aromatic heterocycles. The van der Waals surface area contributed by atoms with Crippen LogP contribution in [0.2, 0.25) is 5.02 Å². The minimum atomic E-state index is -4.19. The predicted octanol–water partition coefficient (Wildman–Crippen LogP) is 4.80. The van der Waals surface area contributed by atoms with Crippen molar-refractivity contribution in [1.29, 1.82) is 0 Å². The van der Waals surface area contributed by atoms with Crippen LogP contribution in [0, 0.1) is 6.92 Å². The van der Waals surface area contributed by atoms with Gasteiger partial charge in [0, 0.05) is 18.1 Å². The number of nitrogens with zero attached hydrogens (tertiary/aromatic N) is 2. The standard InChI is InChI=1S/C29H34ClN3O5S/c1-5-18-31-29(35)22(3)32(19-23-10-6-7-11-25(23)30)28(34)20-33(26-12-8-9-13-27(26)38-4)39(36,37)24-16-14-21(2)15-17-24/h6-17,22H,5,18-20H2,1-4H3,(H,31,35)/t22-/m0/s1. The van der Waals surface area contributed by atoms with Crippen LogP contribution in [-0.2, 0) is 26.2 Å². The smallest absolute Gasteiger partial charge is 0.264 e. The number of aryl methyl sites for hydroxylation is 1. The van der Waals surface area contributed by atoms with Crippen LogP contribution in [0.25, 0.3) is 0 Å². The highest BCUT2D eigenvalue weighted by molar-refractivity contribution is 7.92. The Labute approximate surface area is 235 Å². The molecule has 0 heterocycles. The normalized spacial score (nSPS) is 11.9. The maximum atomic E-state index is 13.9. The summed E-state index contributed by atoms with van der Waals surface area (Å²) in [5.74, 6) is -0.634. The van der Waals surface area contributed by atoms with E-state index < -0.39 is 28.5 Å². The second-order valence-electron chi connectivity index (χ2n) is 9.08. The van der Waals surface area contributed by atoms with Gasteiger partial charge in [0.1, 0.15) is 18.3 Å². The van der Waals surface area contributed by atoms with E-state index in [0.29, 0.717) is 17.1 Å². The molecule has 1 N–H and O–H groups in total. The highest BCUT2D eigenvalue weighted by Crippen LogP contribution is 2.32. The molecule has 0 aliphatic rings. The number of sulfonamides is 1. The van der Waals surface area contributed by atoms with E-state index in [-0.39, 0.29) is 28.8 Å². The number of benzene rings is 3. The van der Waals surface area contributed by atoms with Crippen LogP contribution in [0.4, 0.5) is 5.69 Å². The van der Waals surface area contributed by atoms with E-state index in [0.717, 1.165) is 16.3 Å². The van der Waals surface area contributed by atoms with Gasteiger partial charge in [-0.05, 0) is 56.2 Å². The first-order chi connectivity index (χ1) is 18.6. The van der Waals surface area contributed by atoms with Crippen molar-refractivity contribution in [3.63, 3.8) is 0 Å². The summed E-state index contributed by atoms with van der Waals surface area (Å²) in [5, 5.41) is 3.25. The van der Waals surface area contributed by atoms with Gasteiger partial charge in [-0.1, -0.05) is 66.6 Å². The lowest BCUT2D eigenvalue weighted by atomic mass is 10.1. The third kappa shape index (κ3) is 7.30. The van der Waals surface area contributed by atoms with Crippen molar-refractivity contribution >= 4 is 39.1 Å². The van der Waals surface area contributed by atoms with Crippen LogP contribution in [0.5, 0.6) is 5.75 Å². The average molecular weight is 572 g/mol. The summed E-state index contributed by atoms with van der Waals surface area (Å²) in [6.45, 7) is 5.30. The molecule has 208 valence electrons. The van der Waals surface area contributed by atoms with E-state index in [1.54, 1.807) is 67.6 Å². The third-order valence-corrected chi connectivity index (χ3v) is 8.40. The number of halogens is 1. The average Bonchev–Trinajstić information content (AvgIpc) is 2.93. The zero-order valence-corrected chi connectivity index (χ0v) is 24.1. The first-order valence-corrected chi connectivity index (χ1v) is 14.4. The quantitative estimate of drug-likeness (QED) is 0.337. The molecule has 0 saturated heterocycles. The molecule has 3 rings (SSSR count). The maximum Gasteiger partial charge on any atom is 0.264 e. The van der Waals surface area contributed by atoms with Gasteiger partial charge in [0.2, 0.25) is 11.8 Å². The Kier molecular flexibility index (Phi) is 10.4. The van der Waals surface area contributed by atoms with Crippen LogP contribution in [0.1, 0.15) is 31.4 Å². The highest BCUT2D eigenvalue weighted by atomic mass is 35.5. The first kappa shape index (κ1) is 30.0. The first-order valence-electron chi connectivity index (χ1n) is 12.6. The summed E-state index contributed by atoms with van der Waals surface area (Å²) < 4.78 is 34.3. The number of anilines is 1. The van der Waals surface area contributed by atoms with E-state index in [1.165, 1.54) is 24.1 Å². The van der Waals surface area contributed by atoms with E-state index >= 15 is 0 Å². The number of carbonyl (C=O) groups is 2. The fourth-order valence-corrected chi connectivity index (χ4v) is 5.60. The Morgan fingerprint density at radius 3 is 2.28 bits per heavy atom. The molecule has 0 spiro atoms. The van der Waals surface area contributed by atoms with Crippen molar-refractivity contribution in [2.24, 2.45) is 0 Å². The Bertz CT molecular complexity index is 1400. The van der Waals surface area contributed by atoms with Crippen molar-refractivity contribution in [3.8, 4) is 5.75 Å². The molecule has 10 heteroatoms. The van der Waals surface area contributed by atoms with Crippen LogP contribution in [0.3, 0.4) is 0 Å². The molecule has 1 atom stereocenters. The van der Waals surface area contributed by atoms with Crippen LogP contribution < -0.4 is 14.4 Å². The summed E-state index contributed by atoms with van der Waals surface area (Å²) in [5.41, 5.74) is 1.73. The molecule has 8 nitrogen and oxygen atoms in total. The number of methoxy groups -OCH3 is 1. The van der Waals surface area contributed by atoms with Gasteiger partial charge in [0.15, 0.2) is 0 Å². The Morgan fingerprint density at radius 1 is 1.00 bits per heavy atom. The van der Waals surface area contributed by atoms with Crippen molar-refractivity contribution in [1.82, 2.24) is 10.2 Å². The molecule has 0 saturated carbocycles. The van der Waals surface area contributed by atoms with Gasteiger partial charge in [0.05, 0.1) is 17.7 Å². The number of rotatable bonds is 12. The lowest BCUT2D eigenvalue weighted by Crippen LogP contribution is -2.51. The number of hydrogen-bond donors (Lipinski definition) is 1. The number of hydrogen-bond acceptors (Lipinski definition) is 5. The summed E-state index contributed by atoms with van der Waals surface area (Å²) in [4.78, 5) is 28.3. The van der Waals surface area contributed by atoms with E-state index in [2.05, 4.69) is 5.32 Å². The Morgan fingerprint density at radius 2 is 1.64 bits per heavy atom. The third-order valence-electron chi connectivity index (χ3n) is 6.26. The largest absolute Gasteiger partial charge is 0.495 e. The SMILES string of the molecule is CCCNC(=O)[C@H](C)N(Cc1ccccc1Cl)C(=O)CN(c1ccccc1OC)S(=O)(=O)c1ccc(C)cc1. The van der Waals surface area contributed by atoms with Crippen LogP contribution in [-0.4, -0.2) is 51.4 Å². The lowest BCUT2D eigenvalue weighted by Gasteiger charge is -2.32. The molecule has 0 aliphatic carbocycles. The zero-order valence-electron chi connectivity index (χ0n) is 22.6. The number of carbonyl (C=O) groups excluding carboxylic acids is 2. The summed E-state index contributed by atoms with van der Waals surface area (Å²) in [6, 6.07) is 19.1. The molecule has 0 fully saturated rings. The molecule has 0 unspecified atom stereocenters. The summed E-state index contributed by atoms with van der Waals surface area (Å²) in [7, 11) is -2.76. The molecule has 0 radical (unpaired) electrons. The van der Waals surface area contributed by atoms with Gasteiger partial charge >= 0.3 is 0 Å². The molecular formula is C29H34ClN3O5S. The van der Waals surface area contributed by atoms with Gasteiger partial charge in [-0.2, -0.15) is 0 Å². The number of para-hydroxylation sites is 2. The molecular weight excluding hydrogens is 538 g/mol. The number of amides is 2. The Hall–Kier alpha value is -3.56. The van der Waals surface area contributed by atoms with Crippen molar-refractivity contribution < 1.29 is 22.7 Å². The van der Waals surface area contributed by atoms with Gasteiger partial charge in [0.25, 0.3) is 10.0 Å². The van der Waals surface area contributed by atoms with E-state index in [4.69, 9.17) is 16.3 Å². The van der Waals surface area contributed by atoms with E-state index in [1.807, 2.05) is 13.8 Å². The fraction of sp³-hybridized carbons (Fsp3) is 0.310. The lowest BCUT2D eigenvalue weighted by molar-refractivity contribution is -0.139. The van der Waals surface area contributed by atoms with Crippen molar-refractivity contribution in [2.45, 2.75) is 44.7 Å². The Balaban J connectivity index is 2.07. The minimum absolute atomic E-state index is 0.0174. The molecule has 0 aliphatic heterocycles. The number of ether oxygens (including phenoxy) is 1. The van der Waals surface area contributed by atoms with Crippen molar-refractivity contribution in [3.05, 3.63) is 88.9 Å². The van der Waals surface area contributed by atoms with Gasteiger partial charge in [-0.3, -0.25) is 13.9 Å². The summed E-state index contributed by atoms with van der Waals surface area (Å²) in [6.07, 6.45) is 0.729. The zero-order chi connectivity index (χ0) is 28.6. The topological polar surface area (TPSA) is 96.0 Å². The minimum Gasteiger partial charge on any atom is -0.495 e. The molecule has 3 aromatic carbocycles. The monoisotopic (exact) mass is 571 g/mol. The highest BCUT2D eigenvalue weighted by Gasteiger charge is 2.33. The summed E-state index contributed by atoms with van der Waals surface area (Å²) >= 11 is 6.39. The molecule has 2 amide bonds.